The Morgan fingerprint density at radius 1 is 1.39 bits per heavy atom. The highest BCUT2D eigenvalue weighted by Crippen LogP contribution is 2.26. The van der Waals surface area contributed by atoms with Crippen LogP contribution >= 0.6 is 11.8 Å². The molecule has 1 aliphatic rings. The predicted octanol–water partition coefficient (Wildman–Crippen LogP) is 2.63. The van der Waals surface area contributed by atoms with E-state index in [4.69, 9.17) is 4.42 Å². The summed E-state index contributed by atoms with van der Waals surface area (Å²) in [5.74, 6) is 2.17. The fourth-order valence-electron chi connectivity index (χ4n) is 2.64. The molecule has 102 valence electrons. The zero-order chi connectivity index (χ0) is 13.1. The number of aryl methyl sites for hydroxylation is 1. The van der Waals surface area contributed by atoms with E-state index in [-0.39, 0.29) is 0 Å². The van der Waals surface area contributed by atoms with Gasteiger partial charge in [-0.3, -0.25) is 4.90 Å². The third kappa shape index (κ3) is 3.53. The fraction of sp³-hybridized carbons (Fsp3) is 0.714. The van der Waals surface area contributed by atoms with E-state index >= 15 is 0 Å². The average Bonchev–Trinajstić information content (AvgIpc) is 2.58. The molecule has 0 spiro atoms. The molecular formula is C14H24N2OS. The number of furan rings is 1. The van der Waals surface area contributed by atoms with Gasteiger partial charge in [-0.15, -0.1) is 0 Å². The Hall–Kier alpha value is -0.450. The quantitative estimate of drug-likeness (QED) is 0.909. The van der Waals surface area contributed by atoms with Gasteiger partial charge in [0, 0.05) is 23.6 Å². The van der Waals surface area contributed by atoms with Gasteiger partial charge in [-0.25, -0.2) is 0 Å². The molecule has 18 heavy (non-hydrogen) atoms. The number of nitrogens with one attached hydrogen (secondary N) is 1. The topological polar surface area (TPSA) is 28.4 Å². The minimum atomic E-state index is 0.724. The molecule has 2 unspecified atom stereocenters. The highest BCUT2D eigenvalue weighted by Gasteiger charge is 2.23. The number of thioether (sulfide) groups is 1. The Morgan fingerprint density at radius 3 is 2.67 bits per heavy atom. The summed E-state index contributed by atoms with van der Waals surface area (Å²) in [7, 11) is 1.95. The van der Waals surface area contributed by atoms with Gasteiger partial charge in [0.15, 0.2) is 0 Å². The highest BCUT2D eigenvalue weighted by molar-refractivity contribution is 8.00. The van der Waals surface area contributed by atoms with Crippen LogP contribution in [0.15, 0.2) is 10.5 Å². The molecule has 1 N–H and O–H groups in total. The molecule has 0 bridgehead atoms. The summed E-state index contributed by atoms with van der Waals surface area (Å²) in [5, 5.41) is 4.59. The normalized spacial score (nSPS) is 25.6. The van der Waals surface area contributed by atoms with Crippen LogP contribution in [-0.2, 0) is 13.1 Å². The Balaban J connectivity index is 1.98. The van der Waals surface area contributed by atoms with Crippen LogP contribution in [0.25, 0.3) is 0 Å². The maximum Gasteiger partial charge on any atom is 0.120 e. The Morgan fingerprint density at radius 2 is 2.06 bits per heavy atom. The summed E-state index contributed by atoms with van der Waals surface area (Å²) in [6, 6.07) is 2.18. The van der Waals surface area contributed by atoms with E-state index < -0.39 is 0 Å². The van der Waals surface area contributed by atoms with E-state index in [0.717, 1.165) is 48.2 Å². The molecule has 1 aromatic rings. The third-order valence-corrected chi connectivity index (χ3v) is 4.51. The van der Waals surface area contributed by atoms with Crippen LogP contribution < -0.4 is 5.32 Å². The van der Waals surface area contributed by atoms with Gasteiger partial charge in [0.2, 0.25) is 0 Å². The Kier molecular flexibility index (Phi) is 4.76. The lowest BCUT2D eigenvalue weighted by Gasteiger charge is -2.33. The van der Waals surface area contributed by atoms with Gasteiger partial charge in [0.05, 0.1) is 13.1 Å². The number of nitrogens with zero attached hydrogens (tertiary/aromatic N) is 1. The van der Waals surface area contributed by atoms with Crippen molar-refractivity contribution in [3.63, 3.8) is 0 Å². The molecule has 0 amide bonds. The first kappa shape index (κ1) is 14.0. The molecule has 2 rings (SSSR count). The smallest absolute Gasteiger partial charge is 0.120 e. The van der Waals surface area contributed by atoms with Crippen molar-refractivity contribution >= 4 is 11.8 Å². The van der Waals surface area contributed by atoms with Crippen LogP contribution in [-0.4, -0.2) is 35.5 Å². The highest BCUT2D eigenvalue weighted by atomic mass is 32.2. The lowest BCUT2D eigenvalue weighted by molar-refractivity contribution is 0.239. The molecule has 1 aromatic heterocycles. The van der Waals surface area contributed by atoms with Gasteiger partial charge in [0.1, 0.15) is 11.5 Å². The first-order valence-electron chi connectivity index (χ1n) is 6.69. The van der Waals surface area contributed by atoms with E-state index in [0.29, 0.717) is 0 Å². The molecule has 0 aromatic carbocycles. The third-order valence-electron chi connectivity index (χ3n) is 3.28. The van der Waals surface area contributed by atoms with Crippen LogP contribution in [0.1, 0.15) is 30.9 Å². The van der Waals surface area contributed by atoms with Crippen molar-refractivity contribution in [3.05, 3.63) is 23.2 Å². The minimum absolute atomic E-state index is 0.724. The molecule has 3 nitrogen and oxygen atoms in total. The SMILES string of the molecule is CNCc1oc(CN2CC(C)SC(C)C2)cc1C. The average molecular weight is 268 g/mol. The molecule has 0 saturated carbocycles. The van der Waals surface area contributed by atoms with Crippen molar-refractivity contribution < 1.29 is 4.42 Å². The summed E-state index contributed by atoms with van der Waals surface area (Å²) in [6.45, 7) is 10.8. The Bertz CT molecular complexity index is 381. The fourth-order valence-corrected chi connectivity index (χ4v) is 4.02. The maximum atomic E-state index is 5.92. The summed E-state index contributed by atoms with van der Waals surface area (Å²) in [6.07, 6.45) is 0. The Labute approximate surface area is 114 Å². The van der Waals surface area contributed by atoms with Gasteiger partial charge < -0.3 is 9.73 Å². The molecule has 1 fully saturated rings. The van der Waals surface area contributed by atoms with Gasteiger partial charge >= 0.3 is 0 Å². The van der Waals surface area contributed by atoms with Crippen molar-refractivity contribution in [3.8, 4) is 0 Å². The molecule has 4 heteroatoms. The lowest BCUT2D eigenvalue weighted by atomic mass is 10.2. The van der Waals surface area contributed by atoms with Gasteiger partial charge in [-0.1, -0.05) is 13.8 Å². The summed E-state index contributed by atoms with van der Waals surface area (Å²) < 4.78 is 5.92. The zero-order valence-corrected chi connectivity index (χ0v) is 12.6. The van der Waals surface area contributed by atoms with E-state index in [1.165, 1.54) is 5.56 Å². The van der Waals surface area contributed by atoms with Crippen molar-refractivity contribution in [2.45, 2.75) is 44.4 Å². The maximum absolute atomic E-state index is 5.92. The van der Waals surface area contributed by atoms with Crippen LogP contribution in [0.2, 0.25) is 0 Å². The minimum Gasteiger partial charge on any atom is -0.463 e. The van der Waals surface area contributed by atoms with Crippen molar-refractivity contribution in [1.29, 1.82) is 0 Å². The van der Waals surface area contributed by atoms with E-state index in [2.05, 4.69) is 48.8 Å². The van der Waals surface area contributed by atoms with Crippen LogP contribution in [0.3, 0.4) is 0 Å². The van der Waals surface area contributed by atoms with Crippen molar-refractivity contribution in [2.75, 3.05) is 20.1 Å². The molecule has 0 radical (unpaired) electrons. The molecule has 2 atom stereocenters. The first-order chi connectivity index (χ1) is 8.58. The largest absolute Gasteiger partial charge is 0.463 e. The molecule has 1 aliphatic heterocycles. The molecular weight excluding hydrogens is 244 g/mol. The van der Waals surface area contributed by atoms with E-state index in [1.807, 2.05) is 7.05 Å². The zero-order valence-electron chi connectivity index (χ0n) is 11.8. The predicted molar refractivity (Wildman–Crippen MR) is 78.0 cm³/mol. The van der Waals surface area contributed by atoms with E-state index in [1.54, 1.807) is 0 Å². The summed E-state index contributed by atoms with van der Waals surface area (Å²) in [5.41, 5.74) is 1.26. The van der Waals surface area contributed by atoms with Gasteiger partial charge in [-0.05, 0) is 25.6 Å². The lowest BCUT2D eigenvalue weighted by Crippen LogP contribution is -2.39. The second-order valence-electron chi connectivity index (χ2n) is 5.30. The van der Waals surface area contributed by atoms with Crippen molar-refractivity contribution in [1.82, 2.24) is 10.2 Å². The van der Waals surface area contributed by atoms with Crippen LogP contribution in [0.5, 0.6) is 0 Å². The molecule has 0 aliphatic carbocycles. The number of hydrogen-bond acceptors (Lipinski definition) is 4. The number of hydrogen-bond donors (Lipinski definition) is 1. The summed E-state index contributed by atoms with van der Waals surface area (Å²) in [4.78, 5) is 2.51. The van der Waals surface area contributed by atoms with Crippen molar-refractivity contribution in [2.24, 2.45) is 0 Å². The van der Waals surface area contributed by atoms with Gasteiger partial charge in [0.25, 0.3) is 0 Å². The first-order valence-corrected chi connectivity index (χ1v) is 7.63. The van der Waals surface area contributed by atoms with Crippen LogP contribution in [0, 0.1) is 6.92 Å². The second-order valence-corrected chi connectivity index (χ2v) is 7.18. The van der Waals surface area contributed by atoms with Crippen LogP contribution in [0.4, 0.5) is 0 Å². The van der Waals surface area contributed by atoms with E-state index in [9.17, 15) is 0 Å². The second kappa shape index (κ2) is 6.13. The number of rotatable bonds is 4. The van der Waals surface area contributed by atoms with Gasteiger partial charge in [-0.2, -0.15) is 11.8 Å². The summed E-state index contributed by atoms with van der Waals surface area (Å²) >= 11 is 2.09. The molecule has 2 heterocycles. The molecule has 1 saturated heterocycles. The monoisotopic (exact) mass is 268 g/mol. The standard InChI is InChI=1S/C14H24N2OS/c1-10-5-13(17-14(10)6-15-4)9-16-7-11(2)18-12(3)8-16/h5,11-12,15H,6-9H2,1-4H3.